The van der Waals surface area contributed by atoms with Crippen LogP contribution < -0.4 is 5.32 Å². The first-order valence-electron chi connectivity index (χ1n) is 11.2. The van der Waals surface area contributed by atoms with Crippen LogP contribution in [0.3, 0.4) is 0 Å². The van der Waals surface area contributed by atoms with E-state index in [0.717, 1.165) is 18.4 Å². The number of benzene rings is 1. The summed E-state index contributed by atoms with van der Waals surface area (Å²) in [6.45, 7) is 0.701. The zero-order chi connectivity index (χ0) is 24.8. The van der Waals surface area contributed by atoms with Crippen molar-refractivity contribution < 1.29 is 14.7 Å². The number of nitrogens with one attached hydrogen (secondary N) is 1. The molecule has 0 saturated carbocycles. The van der Waals surface area contributed by atoms with Gasteiger partial charge in [-0.2, -0.15) is 10.4 Å². The Balaban J connectivity index is 1.43. The lowest BCUT2D eigenvalue weighted by molar-refractivity contribution is -0.135. The van der Waals surface area contributed by atoms with Gasteiger partial charge >= 0.3 is 0 Å². The summed E-state index contributed by atoms with van der Waals surface area (Å²) in [4.78, 5) is 34.2. The molecule has 1 saturated heterocycles. The van der Waals surface area contributed by atoms with Crippen molar-refractivity contribution in [3.05, 3.63) is 53.4 Å². The van der Waals surface area contributed by atoms with Gasteiger partial charge in [0.1, 0.15) is 6.61 Å². The van der Waals surface area contributed by atoms with Crippen LogP contribution in [-0.2, 0) is 4.79 Å². The molecule has 35 heavy (non-hydrogen) atoms. The quantitative estimate of drug-likeness (QED) is 0.455. The summed E-state index contributed by atoms with van der Waals surface area (Å²) in [6, 6.07) is 9.07. The van der Waals surface area contributed by atoms with Crippen molar-refractivity contribution in [3.8, 4) is 17.3 Å². The number of Topliss-reactive ketones (excluding diaryl/α,β-unsaturated/α-hetero) is 1. The minimum Gasteiger partial charge on any atom is -0.387 e. The topological polar surface area (TPSA) is 137 Å². The van der Waals surface area contributed by atoms with E-state index in [2.05, 4.69) is 20.4 Å². The van der Waals surface area contributed by atoms with E-state index < -0.39 is 6.61 Å². The second-order valence-electron chi connectivity index (χ2n) is 8.15. The number of carbonyl (C=O) groups excluding carboxylic acids is 2. The Bertz CT molecular complexity index is 1240. The van der Waals surface area contributed by atoms with Gasteiger partial charge in [-0.15, -0.1) is 0 Å². The van der Waals surface area contributed by atoms with Crippen LogP contribution in [0.2, 0.25) is 5.02 Å². The molecule has 0 aliphatic carbocycles. The number of rotatable bonds is 8. The maximum atomic E-state index is 12.1. The Morgan fingerprint density at radius 3 is 2.63 bits per heavy atom. The van der Waals surface area contributed by atoms with Crippen LogP contribution in [0.25, 0.3) is 11.3 Å². The fourth-order valence-corrected chi connectivity index (χ4v) is 4.17. The number of aliphatic hydroxyl groups excluding tert-OH is 1. The molecular formula is C24H24ClN7O3. The Kier molecular flexibility index (Phi) is 7.70. The highest BCUT2D eigenvalue weighted by Crippen LogP contribution is 2.28. The van der Waals surface area contributed by atoms with Crippen LogP contribution in [0.1, 0.15) is 42.1 Å². The third-order valence-electron chi connectivity index (χ3n) is 5.87. The lowest BCUT2D eigenvalue weighted by Crippen LogP contribution is -2.40. The van der Waals surface area contributed by atoms with Gasteiger partial charge in [-0.25, -0.2) is 9.97 Å². The van der Waals surface area contributed by atoms with E-state index in [1.54, 1.807) is 35.4 Å². The molecule has 0 radical (unpaired) electrons. The van der Waals surface area contributed by atoms with Crippen LogP contribution in [0.15, 0.2) is 42.9 Å². The first-order chi connectivity index (χ1) is 17.0. The molecule has 3 heterocycles. The third kappa shape index (κ3) is 5.82. The highest BCUT2D eigenvalue weighted by Gasteiger charge is 2.24. The second kappa shape index (κ2) is 11.1. The van der Waals surface area contributed by atoms with Crippen LogP contribution in [-0.4, -0.2) is 61.1 Å². The normalized spacial score (nSPS) is 13.9. The average Bonchev–Trinajstić information content (AvgIpc) is 3.36. The molecule has 1 aliphatic rings. The largest absolute Gasteiger partial charge is 0.387 e. The van der Waals surface area contributed by atoms with E-state index >= 15 is 0 Å². The fraction of sp³-hybridized carbons (Fsp3) is 0.333. The predicted octanol–water partition coefficient (Wildman–Crippen LogP) is 3.38. The number of carbonyl (C=O) groups is 2. The van der Waals surface area contributed by atoms with E-state index in [1.807, 2.05) is 16.9 Å². The van der Waals surface area contributed by atoms with Gasteiger partial charge in [-0.05, 0) is 12.8 Å². The molecule has 2 N–H and O–H groups in total. The lowest BCUT2D eigenvalue weighted by Gasteiger charge is -2.31. The molecule has 1 aromatic carbocycles. The number of aromatic nitrogens is 4. The third-order valence-corrected chi connectivity index (χ3v) is 6.15. The number of halogens is 1. The zero-order valence-electron chi connectivity index (χ0n) is 18.9. The van der Waals surface area contributed by atoms with Gasteiger partial charge in [-0.3, -0.25) is 14.3 Å². The highest BCUT2D eigenvalue weighted by atomic mass is 35.5. The van der Waals surface area contributed by atoms with Crippen molar-refractivity contribution >= 4 is 34.9 Å². The van der Waals surface area contributed by atoms with Crippen LogP contribution in [0.4, 0.5) is 11.6 Å². The molecular weight excluding hydrogens is 470 g/mol. The molecule has 3 aromatic rings. The highest BCUT2D eigenvalue weighted by molar-refractivity contribution is 6.32. The number of hydrogen-bond donors (Lipinski definition) is 2. The molecule has 11 heteroatoms. The lowest BCUT2D eigenvalue weighted by atomic mass is 10.0. The van der Waals surface area contributed by atoms with Crippen molar-refractivity contribution in [3.63, 3.8) is 0 Å². The number of likely N-dealkylation sites (tertiary alicyclic amines) is 1. The second-order valence-corrected chi connectivity index (χ2v) is 8.56. The SMILES string of the molecule is N#CCCC(=O)c1ccc(-c2nc(Nc3cnn(C4CCN(C(=O)CO)CC4)c3)ncc2Cl)cc1. The predicted molar refractivity (Wildman–Crippen MR) is 129 cm³/mol. The van der Waals surface area contributed by atoms with E-state index in [-0.39, 0.29) is 30.6 Å². The monoisotopic (exact) mass is 493 g/mol. The van der Waals surface area contributed by atoms with Crippen LogP contribution in [0, 0.1) is 11.3 Å². The van der Waals surface area contributed by atoms with E-state index in [0.29, 0.717) is 41.0 Å². The van der Waals surface area contributed by atoms with Crippen LogP contribution >= 0.6 is 11.6 Å². The van der Waals surface area contributed by atoms with Gasteiger partial charge in [-0.1, -0.05) is 35.9 Å². The molecule has 0 unspecified atom stereocenters. The molecule has 10 nitrogen and oxygen atoms in total. The van der Waals surface area contributed by atoms with Gasteiger partial charge in [0.25, 0.3) is 0 Å². The van der Waals surface area contributed by atoms with Crippen molar-refractivity contribution in [1.29, 1.82) is 5.26 Å². The van der Waals surface area contributed by atoms with Gasteiger partial charge in [0.15, 0.2) is 5.78 Å². The molecule has 1 amide bonds. The first kappa shape index (κ1) is 24.3. The first-order valence-corrected chi connectivity index (χ1v) is 11.6. The van der Waals surface area contributed by atoms with Gasteiger partial charge in [0, 0.05) is 43.3 Å². The molecule has 180 valence electrons. The molecule has 0 atom stereocenters. The minimum atomic E-state index is -0.464. The molecule has 0 spiro atoms. The molecule has 0 bridgehead atoms. The maximum Gasteiger partial charge on any atom is 0.248 e. The summed E-state index contributed by atoms with van der Waals surface area (Å²) < 4.78 is 1.86. The summed E-state index contributed by atoms with van der Waals surface area (Å²) in [5.41, 5.74) is 2.50. The van der Waals surface area contributed by atoms with Gasteiger partial charge in [0.05, 0.1) is 40.9 Å². The number of nitrogens with zero attached hydrogens (tertiary/aromatic N) is 6. The van der Waals surface area contributed by atoms with Crippen molar-refractivity contribution in [2.45, 2.75) is 31.7 Å². The van der Waals surface area contributed by atoms with Crippen molar-refractivity contribution in [2.75, 3.05) is 25.0 Å². The number of ketones is 1. The summed E-state index contributed by atoms with van der Waals surface area (Å²) in [6.07, 6.45) is 6.94. The average molecular weight is 494 g/mol. The Labute approximate surface area is 207 Å². The fourth-order valence-electron chi connectivity index (χ4n) is 3.97. The van der Waals surface area contributed by atoms with Gasteiger partial charge < -0.3 is 15.3 Å². The summed E-state index contributed by atoms with van der Waals surface area (Å²) in [5.74, 6) is 0.0145. The summed E-state index contributed by atoms with van der Waals surface area (Å²) in [7, 11) is 0. The maximum absolute atomic E-state index is 12.1. The number of nitriles is 1. The standard InChI is InChI=1S/C24H24ClN7O3/c25-20-13-27-24(30-23(20)17-5-3-16(4-6-17)21(34)2-1-9-26)29-18-12-28-32(14-18)19-7-10-31(11-8-19)22(35)15-33/h3-6,12-14,19,33H,1-2,7-8,10-11,15H2,(H,27,29,30). The number of aliphatic hydroxyl groups is 1. The minimum absolute atomic E-state index is 0.0862. The van der Waals surface area contributed by atoms with Crippen molar-refractivity contribution in [2.24, 2.45) is 0 Å². The van der Waals surface area contributed by atoms with E-state index in [1.165, 1.54) is 6.20 Å². The summed E-state index contributed by atoms with van der Waals surface area (Å²) in [5, 5.41) is 25.6. The van der Waals surface area contributed by atoms with Crippen molar-refractivity contribution in [1.82, 2.24) is 24.6 Å². The van der Waals surface area contributed by atoms with E-state index in [4.69, 9.17) is 22.0 Å². The van der Waals surface area contributed by atoms with E-state index in [9.17, 15) is 9.59 Å². The number of hydrogen-bond acceptors (Lipinski definition) is 8. The van der Waals surface area contributed by atoms with Gasteiger partial charge in [0.2, 0.25) is 11.9 Å². The number of piperidine rings is 1. The molecule has 1 fully saturated rings. The number of amides is 1. The van der Waals surface area contributed by atoms with Crippen LogP contribution in [0.5, 0.6) is 0 Å². The zero-order valence-corrected chi connectivity index (χ0v) is 19.6. The number of anilines is 2. The Morgan fingerprint density at radius 1 is 1.20 bits per heavy atom. The molecule has 2 aromatic heterocycles. The Hall–Kier alpha value is -3.81. The molecule has 1 aliphatic heterocycles. The summed E-state index contributed by atoms with van der Waals surface area (Å²) >= 11 is 6.34. The Morgan fingerprint density at radius 2 is 1.94 bits per heavy atom. The molecule has 4 rings (SSSR count). The smallest absolute Gasteiger partial charge is 0.248 e.